The molecule has 0 aromatic carbocycles. The summed E-state index contributed by atoms with van der Waals surface area (Å²) in [6.07, 6.45) is -0.500. The summed E-state index contributed by atoms with van der Waals surface area (Å²) >= 11 is 0. The van der Waals surface area contributed by atoms with Crippen LogP contribution in [0.25, 0.3) is 0 Å². The summed E-state index contributed by atoms with van der Waals surface area (Å²) in [6.45, 7) is 0. The number of rotatable bonds is 4. The van der Waals surface area contributed by atoms with Crippen molar-refractivity contribution in [1.82, 2.24) is 0 Å². The molecule has 0 saturated heterocycles. The molecule has 4 N–H and O–H groups in total. The molecule has 0 heterocycles. The van der Waals surface area contributed by atoms with Crippen molar-refractivity contribution in [2.24, 2.45) is 5.73 Å². The van der Waals surface area contributed by atoms with Gasteiger partial charge in [0.15, 0.2) is 0 Å². The number of carboxylic acids is 2. The second-order valence-electron chi connectivity index (χ2n) is 1.84. The smallest absolute Gasteiger partial charge is 0.550 e. The summed E-state index contributed by atoms with van der Waals surface area (Å²) in [4.78, 5) is 19.6. The van der Waals surface area contributed by atoms with Gasteiger partial charge in [0.1, 0.15) is 0 Å². The first-order chi connectivity index (χ1) is 4.54. The van der Waals surface area contributed by atoms with Gasteiger partial charge in [0, 0.05) is 12.0 Å². The fourth-order valence-corrected chi connectivity index (χ4v) is 0.391. The van der Waals surface area contributed by atoms with Crippen molar-refractivity contribution >= 4 is 11.9 Å². The maximum atomic E-state index is 9.86. The molecule has 12 heavy (non-hydrogen) atoms. The molecule has 0 unspecified atom stereocenters. The molecule has 0 aromatic rings. The fraction of sp³-hybridized carbons (Fsp3) is 0.600. The van der Waals surface area contributed by atoms with Gasteiger partial charge in [-0.3, -0.25) is 0 Å². The van der Waals surface area contributed by atoms with Gasteiger partial charge in [-0.1, -0.05) is 0 Å². The SMILES string of the molecule is N[C@@H](CCC(=O)[O-])C(=O)[O-].O.[K+]. The Morgan fingerprint density at radius 1 is 1.33 bits per heavy atom. The van der Waals surface area contributed by atoms with Crippen LogP contribution in [0.3, 0.4) is 0 Å². The minimum absolute atomic E-state index is 0. The Labute approximate surface area is 112 Å². The molecular weight excluding hydrogens is 193 g/mol. The summed E-state index contributed by atoms with van der Waals surface area (Å²) in [5.41, 5.74) is 4.91. The Bertz CT molecular complexity index is 151. The molecule has 0 aliphatic rings. The van der Waals surface area contributed by atoms with Crippen molar-refractivity contribution in [1.29, 1.82) is 0 Å². The first-order valence-electron chi connectivity index (χ1n) is 2.70. The number of hydrogen-bond acceptors (Lipinski definition) is 5. The summed E-state index contributed by atoms with van der Waals surface area (Å²) < 4.78 is 0. The van der Waals surface area contributed by atoms with E-state index in [4.69, 9.17) is 5.73 Å². The van der Waals surface area contributed by atoms with Crippen LogP contribution in [-0.2, 0) is 9.59 Å². The molecule has 0 saturated carbocycles. The third-order valence-corrected chi connectivity index (χ3v) is 0.962. The minimum Gasteiger partial charge on any atom is -0.550 e. The van der Waals surface area contributed by atoms with Crippen LogP contribution < -0.4 is 67.3 Å². The average molecular weight is 202 g/mol. The van der Waals surface area contributed by atoms with Crippen LogP contribution in [0.4, 0.5) is 0 Å². The first-order valence-corrected chi connectivity index (χ1v) is 2.70. The van der Waals surface area contributed by atoms with Crippen LogP contribution in [0.1, 0.15) is 12.8 Å². The minimum atomic E-state index is -1.44. The van der Waals surface area contributed by atoms with Crippen LogP contribution in [-0.4, -0.2) is 23.5 Å². The predicted octanol–water partition coefficient (Wildman–Crippen LogP) is -7.23. The maximum absolute atomic E-state index is 9.86. The van der Waals surface area contributed by atoms with Crippen LogP contribution in [0.15, 0.2) is 0 Å². The van der Waals surface area contributed by atoms with E-state index in [0.29, 0.717) is 0 Å². The van der Waals surface area contributed by atoms with Gasteiger partial charge in [-0.2, -0.15) is 0 Å². The van der Waals surface area contributed by atoms with Gasteiger partial charge in [-0.25, -0.2) is 0 Å². The normalized spacial score (nSPS) is 10.4. The van der Waals surface area contributed by atoms with E-state index in [1.165, 1.54) is 0 Å². The standard InChI is InChI=1S/C5H9NO4.K.H2O/c6-3(5(9)10)1-2-4(7)8;;/h3H,1-2,6H2,(H,7,8)(H,9,10);;1H2/q;+1;/p-2/t3-;;/m0../s1. The molecule has 0 aliphatic heterocycles. The molecule has 0 aliphatic carbocycles. The topological polar surface area (TPSA) is 138 Å². The number of hydrogen-bond donors (Lipinski definition) is 1. The molecule has 0 bridgehead atoms. The molecule has 7 heteroatoms. The number of carbonyl (C=O) groups excluding carboxylic acids is 2. The Kier molecular flexibility index (Phi) is 14.6. The number of nitrogens with two attached hydrogens (primary N) is 1. The molecule has 66 valence electrons. The zero-order chi connectivity index (χ0) is 8.15. The molecule has 0 spiro atoms. The van der Waals surface area contributed by atoms with Crippen molar-refractivity contribution in [3.63, 3.8) is 0 Å². The molecule has 0 amide bonds. The van der Waals surface area contributed by atoms with E-state index in [0.717, 1.165) is 0 Å². The first kappa shape index (κ1) is 18.3. The van der Waals surface area contributed by atoms with E-state index in [1.54, 1.807) is 0 Å². The van der Waals surface area contributed by atoms with Crippen LogP contribution in [0, 0.1) is 0 Å². The molecular formula is C5H9KNO5-. The third-order valence-electron chi connectivity index (χ3n) is 0.962. The van der Waals surface area contributed by atoms with Gasteiger partial charge < -0.3 is 31.0 Å². The molecule has 0 rings (SSSR count). The van der Waals surface area contributed by atoms with E-state index >= 15 is 0 Å². The van der Waals surface area contributed by atoms with Gasteiger partial charge in [0.2, 0.25) is 0 Å². The van der Waals surface area contributed by atoms with Crippen molar-refractivity contribution in [2.45, 2.75) is 18.9 Å². The Hall–Kier alpha value is 0.496. The van der Waals surface area contributed by atoms with Crippen molar-refractivity contribution < 1.29 is 76.7 Å². The Balaban J connectivity index is -0.000000405. The van der Waals surface area contributed by atoms with Crippen molar-refractivity contribution in [2.75, 3.05) is 0 Å². The molecule has 0 radical (unpaired) electrons. The van der Waals surface area contributed by atoms with Gasteiger partial charge in [-0.15, -0.1) is 0 Å². The van der Waals surface area contributed by atoms with Crippen LogP contribution in [0.5, 0.6) is 0 Å². The molecule has 0 fully saturated rings. The quantitative estimate of drug-likeness (QED) is 0.451. The Morgan fingerprint density at radius 2 is 1.75 bits per heavy atom. The third kappa shape index (κ3) is 10.5. The number of carboxylic acid groups (broad SMARTS) is 2. The van der Waals surface area contributed by atoms with E-state index in [2.05, 4.69) is 0 Å². The van der Waals surface area contributed by atoms with E-state index in [-0.39, 0.29) is 69.7 Å². The van der Waals surface area contributed by atoms with E-state index < -0.39 is 18.0 Å². The second-order valence-corrected chi connectivity index (χ2v) is 1.84. The zero-order valence-corrected chi connectivity index (χ0v) is 9.83. The second kappa shape index (κ2) is 9.58. The predicted molar refractivity (Wildman–Crippen MR) is 30.8 cm³/mol. The van der Waals surface area contributed by atoms with Crippen molar-refractivity contribution in [3.8, 4) is 0 Å². The Morgan fingerprint density at radius 3 is 2.00 bits per heavy atom. The van der Waals surface area contributed by atoms with E-state index in [9.17, 15) is 19.8 Å². The summed E-state index contributed by atoms with van der Waals surface area (Å²) in [6, 6.07) is -1.21. The largest absolute Gasteiger partial charge is 1.00 e. The average Bonchev–Trinajstić information content (AvgIpc) is 1.82. The van der Waals surface area contributed by atoms with Gasteiger partial charge in [0.05, 0.1) is 5.97 Å². The summed E-state index contributed by atoms with van der Waals surface area (Å²) in [5.74, 6) is -2.75. The monoisotopic (exact) mass is 202 g/mol. The maximum Gasteiger partial charge on any atom is 1.00 e. The van der Waals surface area contributed by atoms with Crippen molar-refractivity contribution in [3.05, 3.63) is 0 Å². The van der Waals surface area contributed by atoms with Crippen LogP contribution in [0.2, 0.25) is 0 Å². The summed E-state index contributed by atoms with van der Waals surface area (Å²) in [5, 5.41) is 19.6. The van der Waals surface area contributed by atoms with Crippen LogP contribution >= 0.6 is 0 Å². The number of carbonyl (C=O) groups is 2. The van der Waals surface area contributed by atoms with Gasteiger partial charge >= 0.3 is 51.4 Å². The van der Waals surface area contributed by atoms with E-state index in [1.807, 2.05) is 0 Å². The summed E-state index contributed by atoms with van der Waals surface area (Å²) in [7, 11) is 0. The van der Waals surface area contributed by atoms with Gasteiger partial charge in [-0.05, 0) is 12.8 Å². The zero-order valence-electron chi connectivity index (χ0n) is 6.70. The van der Waals surface area contributed by atoms with Gasteiger partial charge in [0.25, 0.3) is 0 Å². The molecule has 1 atom stereocenters. The fourth-order valence-electron chi connectivity index (χ4n) is 0.391. The number of aliphatic carboxylic acids is 2. The molecule has 0 aromatic heterocycles. The molecule has 6 nitrogen and oxygen atoms in total.